The maximum atomic E-state index is 12.2. The van der Waals surface area contributed by atoms with E-state index in [-0.39, 0.29) is 5.41 Å². The van der Waals surface area contributed by atoms with Crippen LogP contribution in [0.3, 0.4) is 0 Å². The molecule has 1 aliphatic rings. The average molecular weight is 269 g/mol. The molecule has 1 atom stereocenters. The predicted molar refractivity (Wildman–Crippen MR) is 79.9 cm³/mol. The Hall–Kier alpha value is -0.610. The lowest BCUT2D eigenvalue weighted by Gasteiger charge is -2.26. The summed E-state index contributed by atoms with van der Waals surface area (Å²) in [7, 11) is 0. The minimum absolute atomic E-state index is 0.0805. The third-order valence-electron chi connectivity index (χ3n) is 3.60. The fourth-order valence-corrected chi connectivity index (χ4v) is 2.48. The molecule has 0 aromatic rings. The number of rotatable bonds is 4. The van der Waals surface area contributed by atoms with Gasteiger partial charge in [0.05, 0.1) is 0 Å². The van der Waals surface area contributed by atoms with Gasteiger partial charge < -0.3 is 15.5 Å². The normalized spacial score (nSPS) is 20.2. The van der Waals surface area contributed by atoms with Crippen molar-refractivity contribution in [2.24, 2.45) is 17.1 Å². The second kappa shape index (κ2) is 7.25. The van der Waals surface area contributed by atoms with Gasteiger partial charge in [-0.2, -0.15) is 0 Å². The third-order valence-corrected chi connectivity index (χ3v) is 3.60. The van der Waals surface area contributed by atoms with Crippen molar-refractivity contribution < 1.29 is 4.79 Å². The lowest BCUT2D eigenvalue weighted by Crippen LogP contribution is -2.38. The maximum Gasteiger partial charge on any atom is 0.223 e. The van der Waals surface area contributed by atoms with Crippen LogP contribution in [0.5, 0.6) is 0 Å². The van der Waals surface area contributed by atoms with Gasteiger partial charge in [-0.1, -0.05) is 27.7 Å². The number of hydrogen-bond acceptors (Lipinski definition) is 3. The first-order valence-electron chi connectivity index (χ1n) is 7.52. The topological polar surface area (TPSA) is 49.6 Å². The fraction of sp³-hybridized carbons (Fsp3) is 0.933. The smallest absolute Gasteiger partial charge is 0.223 e. The van der Waals surface area contributed by atoms with Crippen LogP contribution < -0.4 is 5.73 Å². The summed E-state index contributed by atoms with van der Waals surface area (Å²) in [5, 5.41) is 0. The number of carbonyl (C=O) groups is 1. The van der Waals surface area contributed by atoms with Crippen molar-refractivity contribution in [3.8, 4) is 0 Å². The molecular formula is C15H31N3O. The summed E-state index contributed by atoms with van der Waals surface area (Å²) in [6, 6.07) is 0. The highest BCUT2D eigenvalue weighted by atomic mass is 16.2. The van der Waals surface area contributed by atoms with E-state index >= 15 is 0 Å². The number of hydrogen-bond donors (Lipinski definition) is 1. The van der Waals surface area contributed by atoms with Crippen molar-refractivity contribution in [1.82, 2.24) is 9.80 Å². The van der Waals surface area contributed by atoms with Crippen molar-refractivity contribution in [2.45, 2.75) is 40.5 Å². The zero-order chi connectivity index (χ0) is 14.5. The molecule has 0 aliphatic carbocycles. The molecule has 4 nitrogen and oxygen atoms in total. The van der Waals surface area contributed by atoms with E-state index < -0.39 is 0 Å². The van der Waals surface area contributed by atoms with E-state index in [0.29, 0.717) is 18.2 Å². The van der Waals surface area contributed by atoms with Crippen LogP contribution in [0, 0.1) is 11.3 Å². The predicted octanol–water partition coefficient (Wildman–Crippen LogP) is 1.55. The average Bonchev–Trinajstić information content (AvgIpc) is 2.52. The Labute approximate surface area is 118 Å². The molecule has 0 bridgehead atoms. The van der Waals surface area contributed by atoms with Crippen molar-refractivity contribution in [1.29, 1.82) is 0 Å². The first-order chi connectivity index (χ1) is 8.81. The lowest BCUT2D eigenvalue weighted by molar-refractivity contribution is -0.132. The van der Waals surface area contributed by atoms with Crippen molar-refractivity contribution >= 4 is 5.91 Å². The molecular weight excluding hydrogens is 238 g/mol. The van der Waals surface area contributed by atoms with Gasteiger partial charge in [0.15, 0.2) is 0 Å². The molecule has 4 heteroatoms. The molecule has 19 heavy (non-hydrogen) atoms. The first-order valence-corrected chi connectivity index (χ1v) is 7.52. The molecule has 0 spiro atoms. The van der Waals surface area contributed by atoms with Gasteiger partial charge in [0.1, 0.15) is 0 Å². The molecule has 1 amide bonds. The minimum atomic E-state index is 0.0805. The van der Waals surface area contributed by atoms with Crippen molar-refractivity contribution in [3.05, 3.63) is 0 Å². The van der Waals surface area contributed by atoms with Gasteiger partial charge in [-0.05, 0) is 30.8 Å². The van der Waals surface area contributed by atoms with Crippen LogP contribution in [-0.2, 0) is 4.79 Å². The van der Waals surface area contributed by atoms with E-state index in [1.165, 1.54) is 0 Å². The Bertz CT molecular complexity index is 286. The first kappa shape index (κ1) is 16.4. The Kier molecular flexibility index (Phi) is 6.27. The second-order valence-corrected chi connectivity index (χ2v) is 7.11. The van der Waals surface area contributed by atoms with E-state index in [1.807, 2.05) is 4.90 Å². The van der Waals surface area contributed by atoms with Crippen molar-refractivity contribution in [2.75, 3.05) is 39.3 Å². The Balaban J connectivity index is 2.43. The number of nitrogens with two attached hydrogens (primary N) is 1. The summed E-state index contributed by atoms with van der Waals surface area (Å²) in [6.07, 6.45) is 1.72. The van der Waals surface area contributed by atoms with Crippen LogP contribution in [0.2, 0.25) is 0 Å². The van der Waals surface area contributed by atoms with Gasteiger partial charge in [0.2, 0.25) is 5.91 Å². The highest BCUT2D eigenvalue weighted by molar-refractivity contribution is 5.76. The zero-order valence-corrected chi connectivity index (χ0v) is 13.1. The van der Waals surface area contributed by atoms with E-state index in [1.54, 1.807) is 0 Å². The Morgan fingerprint density at radius 2 is 1.89 bits per heavy atom. The monoisotopic (exact) mass is 269 g/mol. The molecule has 1 fully saturated rings. The number of carbonyl (C=O) groups excluding carboxylic acids is 1. The van der Waals surface area contributed by atoms with Crippen LogP contribution in [-0.4, -0.2) is 55.0 Å². The van der Waals surface area contributed by atoms with E-state index in [4.69, 9.17) is 5.73 Å². The van der Waals surface area contributed by atoms with Crippen LogP contribution in [0.25, 0.3) is 0 Å². The molecule has 0 radical (unpaired) electrons. The zero-order valence-electron chi connectivity index (χ0n) is 13.1. The SMILES string of the molecule is CC(CN)CN1CCCN(C(=O)CC(C)(C)C)CC1. The van der Waals surface area contributed by atoms with Crippen LogP contribution >= 0.6 is 0 Å². The summed E-state index contributed by atoms with van der Waals surface area (Å²) in [5.74, 6) is 0.845. The third kappa shape index (κ3) is 6.39. The largest absolute Gasteiger partial charge is 0.341 e. The minimum Gasteiger partial charge on any atom is -0.341 e. The van der Waals surface area contributed by atoms with Gasteiger partial charge in [0.25, 0.3) is 0 Å². The molecule has 112 valence electrons. The molecule has 0 aromatic carbocycles. The van der Waals surface area contributed by atoms with Gasteiger partial charge in [-0.3, -0.25) is 4.79 Å². The molecule has 1 rings (SSSR count). The Morgan fingerprint density at radius 3 is 2.47 bits per heavy atom. The van der Waals surface area contributed by atoms with Crippen LogP contribution in [0.4, 0.5) is 0 Å². The van der Waals surface area contributed by atoms with Gasteiger partial charge in [-0.15, -0.1) is 0 Å². The summed E-state index contributed by atoms with van der Waals surface area (Å²) < 4.78 is 0. The van der Waals surface area contributed by atoms with Gasteiger partial charge in [0, 0.05) is 32.6 Å². The molecule has 0 saturated carbocycles. The summed E-state index contributed by atoms with van der Waals surface area (Å²) in [5.41, 5.74) is 5.76. The van der Waals surface area contributed by atoms with E-state index in [0.717, 1.165) is 45.7 Å². The standard InChI is InChI=1S/C15H31N3O/c1-13(11-16)12-17-6-5-7-18(9-8-17)14(19)10-15(2,3)4/h13H,5-12,16H2,1-4H3. The Morgan fingerprint density at radius 1 is 1.21 bits per heavy atom. The summed E-state index contributed by atoms with van der Waals surface area (Å²) in [4.78, 5) is 16.7. The van der Waals surface area contributed by atoms with Crippen LogP contribution in [0.1, 0.15) is 40.5 Å². The lowest BCUT2D eigenvalue weighted by atomic mass is 9.91. The molecule has 0 aromatic heterocycles. The van der Waals surface area contributed by atoms with Gasteiger partial charge >= 0.3 is 0 Å². The molecule has 1 heterocycles. The fourth-order valence-electron chi connectivity index (χ4n) is 2.48. The number of amides is 1. The maximum absolute atomic E-state index is 12.2. The van der Waals surface area contributed by atoms with Crippen molar-refractivity contribution in [3.63, 3.8) is 0 Å². The summed E-state index contributed by atoms with van der Waals surface area (Å²) >= 11 is 0. The highest BCUT2D eigenvalue weighted by Crippen LogP contribution is 2.20. The van der Waals surface area contributed by atoms with Crippen LogP contribution in [0.15, 0.2) is 0 Å². The second-order valence-electron chi connectivity index (χ2n) is 7.11. The molecule has 1 aliphatic heterocycles. The quantitative estimate of drug-likeness (QED) is 0.842. The van der Waals surface area contributed by atoms with E-state index in [2.05, 4.69) is 32.6 Å². The molecule has 1 saturated heterocycles. The van der Waals surface area contributed by atoms with Gasteiger partial charge in [-0.25, -0.2) is 0 Å². The highest BCUT2D eigenvalue weighted by Gasteiger charge is 2.23. The molecule has 2 N–H and O–H groups in total. The molecule has 1 unspecified atom stereocenters. The van der Waals surface area contributed by atoms with E-state index in [9.17, 15) is 4.79 Å². The summed E-state index contributed by atoms with van der Waals surface area (Å²) in [6.45, 7) is 14.2. The number of nitrogens with zero attached hydrogens (tertiary/aromatic N) is 2.